The first-order chi connectivity index (χ1) is 9.33. The highest BCUT2D eigenvalue weighted by Gasteiger charge is 2.06. The Kier molecular flexibility index (Phi) is 9.52. The van der Waals surface area contributed by atoms with Gasteiger partial charge in [0.1, 0.15) is 5.76 Å². The second-order valence-corrected chi connectivity index (χ2v) is 5.55. The third kappa shape index (κ3) is 8.88. The summed E-state index contributed by atoms with van der Waals surface area (Å²) in [5.74, 6) is 0.892. The largest absolute Gasteiger partial charge is 0.469 e. The molecule has 1 heterocycles. The van der Waals surface area contributed by atoms with E-state index in [0.717, 1.165) is 18.6 Å². The molecular weight excluding hydrogens is 236 g/mol. The summed E-state index contributed by atoms with van der Waals surface area (Å²) in [5.41, 5.74) is 0. The van der Waals surface area contributed by atoms with Crippen LogP contribution >= 0.6 is 0 Å². The van der Waals surface area contributed by atoms with Crippen molar-refractivity contribution in [2.75, 3.05) is 0 Å². The lowest BCUT2D eigenvalue weighted by atomic mass is 10.0. The first-order valence-corrected chi connectivity index (χ1v) is 8.03. The molecule has 1 atom stereocenters. The van der Waals surface area contributed by atoms with E-state index < -0.39 is 0 Å². The Morgan fingerprint density at radius 1 is 1.00 bits per heavy atom. The van der Waals surface area contributed by atoms with Crippen LogP contribution in [0.25, 0.3) is 0 Å². The van der Waals surface area contributed by atoms with Crippen LogP contribution in [0.15, 0.2) is 22.8 Å². The van der Waals surface area contributed by atoms with Gasteiger partial charge in [0.05, 0.1) is 12.4 Å². The fourth-order valence-corrected chi connectivity index (χ4v) is 2.45. The number of aliphatic hydroxyl groups is 1. The van der Waals surface area contributed by atoms with Crippen molar-refractivity contribution in [1.82, 2.24) is 0 Å². The number of hydrogen-bond acceptors (Lipinski definition) is 2. The molecular formula is C17H30O2. The summed E-state index contributed by atoms with van der Waals surface area (Å²) >= 11 is 0. The van der Waals surface area contributed by atoms with Crippen LogP contribution in [0.2, 0.25) is 0 Å². The molecule has 1 rings (SSSR count). The zero-order valence-electron chi connectivity index (χ0n) is 12.4. The van der Waals surface area contributed by atoms with Crippen LogP contribution in [-0.4, -0.2) is 11.2 Å². The second-order valence-electron chi connectivity index (χ2n) is 5.55. The van der Waals surface area contributed by atoms with Gasteiger partial charge < -0.3 is 9.52 Å². The fourth-order valence-electron chi connectivity index (χ4n) is 2.45. The molecule has 0 fully saturated rings. The van der Waals surface area contributed by atoms with Crippen LogP contribution < -0.4 is 0 Å². The Morgan fingerprint density at radius 2 is 1.63 bits per heavy atom. The molecule has 2 heteroatoms. The molecule has 0 aliphatic carbocycles. The van der Waals surface area contributed by atoms with Gasteiger partial charge in [0.15, 0.2) is 0 Å². The van der Waals surface area contributed by atoms with Gasteiger partial charge in [-0.3, -0.25) is 0 Å². The molecule has 1 aromatic heterocycles. The van der Waals surface area contributed by atoms with E-state index >= 15 is 0 Å². The number of rotatable bonds is 12. The van der Waals surface area contributed by atoms with Gasteiger partial charge in [0, 0.05) is 6.42 Å². The molecule has 0 bridgehead atoms. The van der Waals surface area contributed by atoms with Gasteiger partial charge in [-0.2, -0.15) is 0 Å². The summed E-state index contributed by atoms with van der Waals surface area (Å²) in [5, 5.41) is 9.86. The molecule has 0 amide bonds. The summed E-state index contributed by atoms with van der Waals surface area (Å²) in [6, 6.07) is 3.81. The topological polar surface area (TPSA) is 33.4 Å². The Labute approximate surface area is 118 Å². The lowest BCUT2D eigenvalue weighted by Gasteiger charge is -2.08. The van der Waals surface area contributed by atoms with Crippen LogP contribution in [0.3, 0.4) is 0 Å². The first-order valence-electron chi connectivity index (χ1n) is 8.03. The maximum Gasteiger partial charge on any atom is 0.106 e. The van der Waals surface area contributed by atoms with Crippen LogP contribution in [0, 0.1) is 0 Å². The molecule has 2 nitrogen and oxygen atoms in total. The standard InChI is InChI=1S/C17H30O2/c1-2-3-4-5-6-7-8-9-10-12-16(18)15-17-13-11-14-19-17/h11,13-14,16,18H,2-10,12,15H2,1H3. The van der Waals surface area contributed by atoms with Gasteiger partial charge in [-0.25, -0.2) is 0 Å². The highest BCUT2D eigenvalue weighted by Crippen LogP contribution is 2.13. The van der Waals surface area contributed by atoms with Crippen LogP contribution in [0.4, 0.5) is 0 Å². The van der Waals surface area contributed by atoms with Crippen molar-refractivity contribution in [3.05, 3.63) is 24.2 Å². The fraction of sp³-hybridized carbons (Fsp3) is 0.765. The molecule has 19 heavy (non-hydrogen) atoms. The first kappa shape index (κ1) is 16.3. The van der Waals surface area contributed by atoms with Gasteiger partial charge in [0.2, 0.25) is 0 Å². The van der Waals surface area contributed by atoms with Gasteiger partial charge >= 0.3 is 0 Å². The third-order valence-electron chi connectivity index (χ3n) is 3.66. The maximum atomic E-state index is 9.86. The van der Waals surface area contributed by atoms with Gasteiger partial charge in [-0.1, -0.05) is 64.7 Å². The molecule has 0 aliphatic rings. The monoisotopic (exact) mass is 266 g/mol. The lowest BCUT2D eigenvalue weighted by molar-refractivity contribution is 0.154. The summed E-state index contributed by atoms with van der Waals surface area (Å²) in [4.78, 5) is 0. The molecule has 0 aliphatic heterocycles. The van der Waals surface area contributed by atoms with Crippen molar-refractivity contribution < 1.29 is 9.52 Å². The van der Waals surface area contributed by atoms with Gasteiger partial charge in [-0.05, 0) is 18.6 Å². The third-order valence-corrected chi connectivity index (χ3v) is 3.66. The van der Waals surface area contributed by atoms with Crippen LogP contribution in [0.1, 0.15) is 76.9 Å². The maximum absolute atomic E-state index is 9.86. The predicted molar refractivity (Wildman–Crippen MR) is 80.3 cm³/mol. The zero-order chi connectivity index (χ0) is 13.8. The summed E-state index contributed by atoms with van der Waals surface area (Å²) in [7, 11) is 0. The summed E-state index contributed by atoms with van der Waals surface area (Å²) in [6.07, 6.45) is 14.9. The molecule has 0 saturated heterocycles. The quantitative estimate of drug-likeness (QED) is 0.534. The van der Waals surface area contributed by atoms with E-state index in [4.69, 9.17) is 4.42 Å². The second kappa shape index (κ2) is 11.1. The molecule has 1 aromatic rings. The SMILES string of the molecule is CCCCCCCCCCCC(O)Cc1ccco1. The molecule has 0 spiro atoms. The van der Waals surface area contributed by atoms with E-state index in [1.807, 2.05) is 12.1 Å². The van der Waals surface area contributed by atoms with Crippen LogP contribution in [0.5, 0.6) is 0 Å². The zero-order valence-corrected chi connectivity index (χ0v) is 12.4. The van der Waals surface area contributed by atoms with E-state index in [-0.39, 0.29) is 6.10 Å². The van der Waals surface area contributed by atoms with Gasteiger partial charge in [-0.15, -0.1) is 0 Å². The van der Waals surface area contributed by atoms with Gasteiger partial charge in [0.25, 0.3) is 0 Å². The molecule has 1 N–H and O–H groups in total. The highest BCUT2D eigenvalue weighted by atomic mass is 16.3. The van der Waals surface area contributed by atoms with Crippen molar-refractivity contribution in [2.24, 2.45) is 0 Å². The highest BCUT2D eigenvalue weighted by molar-refractivity contribution is 4.99. The van der Waals surface area contributed by atoms with Crippen molar-refractivity contribution in [1.29, 1.82) is 0 Å². The van der Waals surface area contributed by atoms with Crippen molar-refractivity contribution in [2.45, 2.75) is 83.7 Å². The van der Waals surface area contributed by atoms with Crippen LogP contribution in [-0.2, 0) is 6.42 Å². The lowest BCUT2D eigenvalue weighted by Crippen LogP contribution is -2.09. The van der Waals surface area contributed by atoms with Crippen molar-refractivity contribution in [3.8, 4) is 0 Å². The number of hydrogen-bond donors (Lipinski definition) is 1. The molecule has 1 unspecified atom stereocenters. The number of aliphatic hydroxyl groups excluding tert-OH is 1. The minimum absolute atomic E-state index is 0.240. The van der Waals surface area contributed by atoms with Crippen molar-refractivity contribution in [3.63, 3.8) is 0 Å². The van der Waals surface area contributed by atoms with E-state index in [9.17, 15) is 5.11 Å². The van der Waals surface area contributed by atoms with Crippen molar-refractivity contribution >= 4 is 0 Å². The molecule has 110 valence electrons. The molecule has 0 radical (unpaired) electrons. The van der Waals surface area contributed by atoms with E-state index in [1.165, 1.54) is 51.4 Å². The minimum atomic E-state index is -0.240. The van der Waals surface area contributed by atoms with E-state index in [1.54, 1.807) is 6.26 Å². The van der Waals surface area contributed by atoms with E-state index in [2.05, 4.69) is 6.92 Å². The average molecular weight is 266 g/mol. The number of unbranched alkanes of at least 4 members (excludes halogenated alkanes) is 8. The Bertz CT molecular complexity index is 279. The molecule has 0 saturated carbocycles. The van der Waals surface area contributed by atoms with E-state index in [0.29, 0.717) is 6.42 Å². The predicted octanol–water partition coefficient (Wildman–Crippen LogP) is 5.10. The Balaban J connectivity index is 1.85. The minimum Gasteiger partial charge on any atom is -0.469 e. The summed E-state index contributed by atoms with van der Waals surface area (Å²) in [6.45, 7) is 2.26. The molecule has 0 aromatic carbocycles. The smallest absolute Gasteiger partial charge is 0.106 e. The average Bonchev–Trinajstić information content (AvgIpc) is 2.89. The Morgan fingerprint density at radius 3 is 2.21 bits per heavy atom. The number of furan rings is 1. The Hall–Kier alpha value is -0.760. The normalized spacial score (nSPS) is 12.7. The summed E-state index contributed by atoms with van der Waals surface area (Å²) < 4.78 is 5.24.